The fraction of sp³-hybridized carbons (Fsp3) is 0.125. The molecule has 3 aromatic rings. The Morgan fingerprint density at radius 1 is 0.893 bits per heavy atom. The van der Waals surface area contributed by atoms with Crippen molar-refractivity contribution in [2.24, 2.45) is 0 Å². The standard InChI is InChI=1S/C24H23BrN2O/c1-2-17-24(19-9-5-3-6-10-19,20-11-7-4-8-12-20)18-26-23(28)27-22-15-13-21(25)14-16-22/h2-16H,1,17-18H2,(H2,26,27,28). The average Bonchev–Trinajstić information content (AvgIpc) is 2.74. The molecule has 3 rings (SSSR count). The van der Waals surface area contributed by atoms with Gasteiger partial charge in [0.25, 0.3) is 0 Å². The number of benzene rings is 3. The summed E-state index contributed by atoms with van der Waals surface area (Å²) in [5.74, 6) is 0. The number of halogens is 1. The van der Waals surface area contributed by atoms with Gasteiger partial charge in [-0.1, -0.05) is 82.7 Å². The molecule has 0 fully saturated rings. The Bertz CT molecular complexity index is 869. The third-order valence-corrected chi connectivity index (χ3v) is 5.33. The van der Waals surface area contributed by atoms with Crippen molar-refractivity contribution in [3.05, 3.63) is 113 Å². The van der Waals surface area contributed by atoms with Gasteiger partial charge in [0, 0.05) is 22.1 Å². The predicted molar refractivity (Wildman–Crippen MR) is 120 cm³/mol. The summed E-state index contributed by atoms with van der Waals surface area (Å²) < 4.78 is 0.969. The number of urea groups is 1. The predicted octanol–water partition coefficient (Wildman–Crippen LogP) is 6.13. The molecule has 0 unspecified atom stereocenters. The summed E-state index contributed by atoms with van der Waals surface area (Å²) >= 11 is 3.40. The quantitative estimate of drug-likeness (QED) is 0.431. The molecule has 0 bridgehead atoms. The van der Waals surface area contributed by atoms with E-state index in [1.165, 1.54) is 0 Å². The highest BCUT2D eigenvalue weighted by Crippen LogP contribution is 2.35. The van der Waals surface area contributed by atoms with E-state index in [-0.39, 0.29) is 11.4 Å². The highest BCUT2D eigenvalue weighted by Gasteiger charge is 2.33. The summed E-state index contributed by atoms with van der Waals surface area (Å²) in [6, 6.07) is 27.8. The number of nitrogens with one attached hydrogen (secondary N) is 2. The van der Waals surface area contributed by atoms with Crippen molar-refractivity contribution in [1.82, 2.24) is 5.32 Å². The lowest BCUT2D eigenvalue weighted by Crippen LogP contribution is -2.43. The number of amides is 2. The molecule has 4 heteroatoms. The second kappa shape index (κ2) is 9.38. The highest BCUT2D eigenvalue weighted by molar-refractivity contribution is 9.10. The van der Waals surface area contributed by atoms with Crippen molar-refractivity contribution < 1.29 is 4.79 Å². The number of hydrogen-bond donors (Lipinski definition) is 2. The Labute approximate surface area is 174 Å². The van der Waals surface area contributed by atoms with Crippen LogP contribution in [-0.4, -0.2) is 12.6 Å². The van der Waals surface area contributed by atoms with Crippen LogP contribution in [0.3, 0.4) is 0 Å². The molecule has 0 heterocycles. The molecule has 0 radical (unpaired) electrons. The molecule has 0 spiro atoms. The topological polar surface area (TPSA) is 41.1 Å². The van der Waals surface area contributed by atoms with Crippen LogP contribution in [0, 0.1) is 0 Å². The fourth-order valence-electron chi connectivity index (χ4n) is 3.38. The molecule has 2 N–H and O–H groups in total. The Kier molecular flexibility index (Phi) is 6.66. The minimum Gasteiger partial charge on any atom is -0.337 e. The monoisotopic (exact) mass is 434 g/mol. The second-order valence-corrected chi connectivity index (χ2v) is 7.54. The van der Waals surface area contributed by atoms with Crippen molar-refractivity contribution in [2.75, 3.05) is 11.9 Å². The van der Waals surface area contributed by atoms with E-state index < -0.39 is 0 Å². The van der Waals surface area contributed by atoms with Crippen LogP contribution >= 0.6 is 15.9 Å². The van der Waals surface area contributed by atoms with Gasteiger partial charge in [0.15, 0.2) is 0 Å². The van der Waals surface area contributed by atoms with Crippen molar-refractivity contribution >= 4 is 27.6 Å². The van der Waals surface area contributed by atoms with Gasteiger partial charge in [-0.15, -0.1) is 6.58 Å². The van der Waals surface area contributed by atoms with E-state index >= 15 is 0 Å². The van der Waals surface area contributed by atoms with E-state index in [4.69, 9.17) is 0 Å². The molecule has 2 amide bonds. The normalized spacial score (nSPS) is 10.9. The minimum atomic E-state index is -0.388. The van der Waals surface area contributed by atoms with Crippen LogP contribution in [0.4, 0.5) is 10.5 Å². The summed E-state index contributed by atoms with van der Waals surface area (Å²) in [4.78, 5) is 12.6. The van der Waals surface area contributed by atoms with Crippen LogP contribution in [0.5, 0.6) is 0 Å². The second-order valence-electron chi connectivity index (χ2n) is 6.62. The zero-order valence-corrected chi connectivity index (χ0v) is 17.2. The molecule has 142 valence electrons. The number of carbonyl (C=O) groups is 1. The maximum Gasteiger partial charge on any atom is 0.319 e. The molecule has 0 aliphatic heterocycles. The Morgan fingerprint density at radius 3 is 1.93 bits per heavy atom. The maximum atomic E-state index is 12.6. The minimum absolute atomic E-state index is 0.234. The largest absolute Gasteiger partial charge is 0.337 e. The number of rotatable bonds is 7. The molecule has 0 aliphatic carbocycles. The number of allylic oxidation sites excluding steroid dienone is 1. The molecule has 3 aromatic carbocycles. The summed E-state index contributed by atoms with van der Waals surface area (Å²) in [6.07, 6.45) is 2.62. The first-order valence-electron chi connectivity index (χ1n) is 9.16. The van der Waals surface area contributed by atoms with Gasteiger partial charge in [-0.2, -0.15) is 0 Å². The van der Waals surface area contributed by atoms with Gasteiger partial charge < -0.3 is 10.6 Å². The van der Waals surface area contributed by atoms with Crippen molar-refractivity contribution in [1.29, 1.82) is 0 Å². The van der Waals surface area contributed by atoms with Crippen LogP contribution in [0.1, 0.15) is 17.5 Å². The van der Waals surface area contributed by atoms with Crippen molar-refractivity contribution in [3.63, 3.8) is 0 Å². The SMILES string of the molecule is C=CCC(CNC(=O)Nc1ccc(Br)cc1)(c1ccccc1)c1ccccc1. The van der Waals surface area contributed by atoms with E-state index in [2.05, 4.69) is 57.4 Å². The maximum absolute atomic E-state index is 12.6. The highest BCUT2D eigenvalue weighted by atomic mass is 79.9. The van der Waals surface area contributed by atoms with Gasteiger partial charge in [0.1, 0.15) is 0 Å². The fourth-order valence-corrected chi connectivity index (χ4v) is 3.64. The number of anilines is 1. The van der Waals surface area contributed by atoms with E-state index in [0.717, 1.165) is 21.3 Å². The van der Waals surface area contributed by atoms with Crippen LogP contribution in [0.25, 0.3) is 0 Å². The molecule has 0 atom stereocenters. The van der Waals surface area contributed by atoms with Crippen molar-refractivity contribution in [2.45, 2.75) is 11.8 Å². The molecule has 0 saturated carbocycles. The molecule has 28 heavy (non-hydrogen) atoms. The van der Waals surface area contributed by atoms with Crippen LogP contribution in [0.15, 0.2) is 102 Å². The summed E-state index contributed by atoms with van der Waals surface area (Å²) in [5, 5.41) is 5.95. The zero-order chi connectivity index (χ0) is 19.8. The molecule has 0 aromatic heterocycles. The van der Waals surface area contributed by atoms with E-state index in [1.54, 1.807) is 0 Å². The molecular weight excluding hydrogens is 412 g/mol. The first-order valence-corrected chi connectivity index (χ1v) is 9.96. The third kappa shape index (κ3) is 4.70. The summed E-state index contributed by atoms with van der Waals surface area (Å²) in [7, 11) is 0. The van der Waals surface area contributed by atoms with Gasteiger partial charge in [-0.05, 0) is 41.8 Å². The van der Waals surface area contributed by atoms with Gasteiger partial charge in [-0.3, -0.25) is 0 Å². The smallest absolute Gasteiger partial charge is 0.319 e. The van der Waals surface area contributed by atoms with E-state index in [1.807, 2.05) is 66.7 Å². The van der Waals surface area contributed by atoms with Crippen LogP contribution in [0.2, 0.25) is 0 Å². The van der Waals surface area contributed by atoms with Gasteiger partial charge in [-0.25, -0.2) is 4.79 Å². The Balaban J connectivity index is 1.85. The lowest BCUT2D eigenvalue weighted by Gasteiger charge is -2.34. The van der Waals surface area contributed by atoms with Crippen LogP contribution < -0.4 is 10.6 Å². The molecular formula is C24H23BrN2O. The lowest BCUT2D eigenvalue weighted by atomic mass is 9.72. The average molecular weight is 435 g/mol. The lowest BCUT2D eigenvalue weighted by molar-refractivity contribution is 0.250. The molecule has 0 aliphatic rings. The molecule has 0 saturated heterocycles. The van der Waals surface area contributed by atoms with Crippen LogP contribution in [-0.2, 0) is 5.41 Å². The number of carbonyl (C=O) groups excluding carboxylic acids is 1. The first kappa shape index (κ1) is 19.9. The van der Waals surface area contributed by atoms with Gasteiger partial charge >= 0.3 is 6.03 Å². The van der Waals surface area contributed by atoms with Crippen molar-refractivity contribution in [3.8, 4) is 0 Å². The van der Waals surface area contributed by atoms with E-state index in [9.17, 15) is 4.79 Å². The first-order chi connectivity index (χ1) is 13.6. The third-order valence-electron chi connectivity index (χ3n) is 4.80. The van der Waals surface area contributed by atoms with E-state index in [0.29, 0.717) is 13.0 Å². The Morgan fingerprint density at radius 2 is 1.43 bits per heavy atom. The summed E-state index contributed by atoms with van der Waals surface area (Å²) in [6.45, 7) is 4.42. The Hall–Kier alpha value is -2.85. The molecule has 3 nitrogen and oxygen atoms in total. The number of hydrogen-bond acceptors (Lipinski definition) is 1. The van der Waals surface area contributed by atoms with Gasteiger partial charge in [0.05, 0.1) is 0 Å². The zero-order valence-electron chi connectivity index (χ0n) is 15.6. The summed E-state index contributed by atoms with van der Waals surface area (Å²) in [5.41, 5.74) is 2.64. The van der Waals surface area contributed by atoms with Gasteiger partial charge in [0.2, 0.25) is 0 Å².